The molecule has 0 atom stereocenters. The Morgan fingerprint density at radius 2 is 1.94 bits per heavy atom. The van der Waals surface area contributed by atoms with E-state index < -0.39 is 4.92 Å². The van der Waals surface area contributed by atoms with Crippen LogP contribution in [0.15, 0.2) is 18.2 Å². The van der Waals surface area contributed by atoms with Crippen LogP contribution in [0.5, 0.6) is 0 Å². The summed E-state index contributed by atoms with van der Waals surface area (Å²) in [4.78, 5) is 10.3. The highest BCUT2D eigenvalue weighted by Crippen LogP contribution is 2.26. The van der Waals surface area contributed by atoms with Crippen molar-refractivity contribution in [2.24, 2.45) is 5.84 Å². The number of rotatable bonds is 5. The first-order valence-electron chi connectivity index (χ1n) is 5.42. The second-order valence-electron chi connectivity index (χ2n) is 4.53. The lowest BCUT2D eigenvalue weighted by molar-refractivity contribution is -0.384. The molecule has 0 fully saturated rings. The van der Waals surface area contributed by atoms with Gasteiger partial charge >= 0.3 is 0 Å². The Balaban J connectivity index is 3.07. The average Bonchev–Trinajstić information content (AvgIpc) is 2.28. The van der Waals surface area contributed by atoms with Crippen molar-refractivity contribution < 1.29 is 4.92 Å². The monoisotopic (exact) mass is 238 g/mol. The zero-order valence-electron chi connectivity index (χ0n) is 10.3. The molecule has 0 amide bonds. The molecule has 0 saturated heterocycles. The van der Waals surface area contributed by atoms with Gasteiger partial charge in [0.2, 0.25) is 0 Å². The highest BCUT2D eigenvalue weighted by atomic mass is 16.6. The molecule has 1 aromatic rings. The number of benzene rings is 1. The van der Waals surface area contributed by atoms with Crippen molar-refractivity contribution in [3.8, 4) is 0 Å². The zero-order valence-corrected chi connectivity index (χ0v) is 10.3. The number of anilines is 2. The largest absolute Gasteiger partial charge is 0.380 e. The highest BCUT2D eigenvalue weighted by molar-refractivity contribution is 5.63. The molecule has 0 spiro atoms. The Morgan fingerprint density at radius 1 is 1.35 bits per heavy atom. The molecule has 4 N–H and O–H groups in total. The maximum atomic E-state index is 10.8. The summed E-state index contributed by atoms with van der Waals surface area (Å²) in [5.41, 5.74) is 3.49. The maximum absolute atomic E-state index is 10.8. The normalized spacial score (nSPS) is 11.1. The average molecular weight is 238 g/mol. The van der Waals surface area contributed by atoms with Crippen molar-refractivity contribution in [1.82, 2.24) is 0 Å². The third-order valence-electron chi connectivity index (χ3n) is 2.66. The van der Waals surface area contributed by atoms with Crippen LogP contribution < -0.4 is 16.6 Å². The van der Waals surface area contributed by atoms with Crippen molar-refractivity contribution >= 4 is 17.1 Å². The van der Waals surface area contributed by atoms with Gasteiger partial charge in [-0.2, -0.15) is 0 Å². The number of non-ortho nitro benzene ring substituents is 1. The second kappa shape index (κ2) is 5.01. The Morgan fingerprint density at radius 3 is 2.41 bits per heavy atom. The minimum Gasteiger partial charge on any atom is -0.380 e. The van der Waals surface area contributed by atoms with Gasteiger partial charge in [0, 0.05) is 23.4 Å². The molecular weight excluding hydrogens is 220 g/mol. The Hall–Kier alpha value is -1.82. The number of nitrogens with zero attached hydrogens (tertiary/aromatic N) is 1. The summed E-state index contributed by atoms with van der Waals surface area (Å²) in [6, 6.07) is 4.63. The molecule has 0 bridgehead atoms. The number of nitro groups is 1. The lowest BCUT2D eigenvalue weighted by Gasteiger charge is -2.26. The van der Waals surface area contributed by atoms with E-state index in [-0.39, 0.29) is 11.2 Å². The summed E-state index contributed by atoms with van der Waals surface area (Å²) in [7, 11) is 0. The van der Waals surface area contributed by atoms with Crippen LogP contribution in [0, 0.1) is 10.1 Å². The lowest BCUT2D eigenvalue weighted by Crippen LogP contribution is -2.29. The molecule has 0 heterocycles. The van der Waals surface area contributed by atoms with Gasteiger partial charge in [0.05, 0.1) is 10.6 Å². The van der Waals surface area contributed by atoms with Crippen molar-refractivity contribution in [1.29, 1.82) is 0 Å². The van der Waals surface area contributed by atoms with Crippen LogP contribution >= 0.6 is 0 Å². The number of nitrogens with two attached hydrogens (primary N) is 1. The van der Waals surface area contributed by atoms with E-state index in [2.05, 4.69) is 10.7 Å². The quantitative estimate of drug-likeness (QED) is 0.416. The van der Waals surface area contributed by atoms with Crippen molar-refractivity contribution in [3.63, 3.8) is 0 Å². The van der Waals surface area contributed by atoms with Crippen LogP contribution in [-0.4, -0.2) is 10.5 Å². The van der Waals surface area contributed by atoms with E-state index in [0.717, 1.165) is 6.42 Å². The Bertz CT molecular complexity index is 418. The van der Waals surface area contributed by atoms with Crippen molar-refractivity contribution in [2.45, 2.75) is 32.7 Å². The van der Waals surface area contributed by atoms with E-state index >= 15 is 0 Å². The Kier molecular flexibility index (Phi) is 3.90. The number of hydrazine groups is 1. The van der Waals surface area contributed by atoms with E-state index in [0.29, 0.717) is 11.4 Å². The Labute approximate surface area is 100 Å². The first kappa shape index (κ1) is 13.2. The van der Waals surface area contributed by atoms with Gasteiger partial charge in [-0.1, -0.05) is 6.92 Å². The molecule has 1 rings (SSSR count). The van der Waals surface area contributed by atoms with Crippen LogP contribution in [0.1, 0.15) is 27.2 Å². The molecular formula is C11H18N4O2. The predicted molar refractivity (Wildman–Crippen MR) is 68.9 cm³/mol. The standard InChI is InChI=1S/C11H18N4O2/c1-4-11(2,3)13-8-5-9(14-12)7-10(6-8)15(16)17/h5-7,13-14H,4,12H2,1-3H3. The summed E-state index contributed by atoms with van der Waals surface area (Å²) < 4.78 is 0. The molecule has 0 radical (unpaired) electrons. The van der Waals surface area contributed by atoms with Gasteiger partial charge in [0.25, 0.3) is 5.69 Å². The topological polar surface area (TPSA) is 93.2 Å². The van der Waals surface area contributed by atoms with Crippen LogP contribution in [-0.2, 0) is 0 Å². The zero-order chi connectivity index (χ0) is 13.1. The third kappa shape index (κ3) is 3.60. The smallest absolute Gasteiger partial charge is 0.273 e. The number of nitro benzene ring substituents is 1. The fourth-order valence-corrected chi connectivity index (χ4v) is 1.35. The van der Waals surface area contributed by atoms with Gasteiger partial charge in [-0.15, -0.1) is 0 Å². The van der Waals surface area contributed by atoms with E-state index in [4.69, 9.17) is 5.84 Å². The summed E-state index contributed by atoms with van der Waals surface area (Å²) in [6.45, 7) is 6.11. The van der Waals surface area contributed by atoms with Crippen molar-refractivity contribution in [2.75, 3.05) is 10.7 Å². The second-order valence-corrected chi connectivity index (χ2v) is 4.53. The predicted octanol–water partition coefficient (Wildman–Crippen LogP) is 2.48. The first-order chi connectivity index (χ1) is 7.88. The molecule has 1 aromatic carbocycles. The van der Waals surface area contributed by atoms with Gasteiger partial charge in [-0.25, -0.2) is 0 Å². The fourth-order valence-electron chi connectivity index (χ4n) is 1.35. The van der Waals surface area contributed by atoms with E-state index in [1.165, 1.54) is 12.1 Å². The van der Waals surface area contributed by atoms with Gasteiger partial charge in [0.15, 0.2) is 0 Å². The first-order valence-corrected chi connectivity index (χ1v) is 5.42. The number of hydrogen-bond acceptors (Lipinski definition) is 5. The number of nitrogen functional groups attached to an aromatic ring is 1. The molecule has 0 unspecified atom stereocenters. The van der Waals surface area contributed by atoms with E-state index in [1.807, 2.05) is 20.8 Å². The molecule has 0 aliphatic carbocycles. The lowest BCUT2D eigenvalue weighted by atomic mass is 10.0. The minimum absolute atomic E-state index is 0.00912. The fraction of sp³-hybridized carbons (Fsp3) is 0.455. The van der Waals surface area contributed by atoms with Crippen LogP contribution in [0.4, 0.5) is 17.1 Å². The maximum Gasteiger partial charge on any atom is 0.273 e. The molecule has 17 heavy (non-hydrogen) atoms. The van der Waals surface area contributed by atoms with Crippen LogP contribution in [0.25, 0.3) is 0 Å². The minimum atomic E-state index is -0.440. The summed E-state index contributed by atoms with van der Waals surface area (Å²) >= 11 is 0. The van der Waals surface area contributed by atoms with Gasteiger partial charge in [-0.05, 0) is 26.3 Å². The van der Waals surface area contributed by atoms with E-state index in [9.17, 15) is 10.1 Å². The highest BCUT2D eigenvalue weighted by Gasteiger charge is 2.17. The molecule has 6 nitrogen and oxygen atoms in total. The van der Waals surface area contributed by atoms with Gasteiger partial charge in [0.1, 0.15) is 0 Å². The van der Waals surface area contributed by atoms with Gasteiger partial charge < -0.3 is 10.7 Å². The summed E-state index contributed by atoms with van der Waals surface area (Å²) in [6.07, 6.45) is 0.904. The van der Waals surface area contributed by atoms with Crippen molar-refractivity contribution in [3.05, 3.63) is 28.3 Å². The molecule has 0 aromatic heterocycles. The summed E-state index contributed by atoms with van der Waals surface area (Å²) in [5.74, 6) is 5.28. The van der Waals surface area contributed by atoms with Crippen LogP contribution in [0.2, 0.25) is 0 Å². The molecule has 0 saturated carbocycles. The van der Waals surface area contributed by atoms with E-state index in [1.54, 1.807) is 6.07 Å². The summed E-state index contributed by atoms with van der Waals surface area (Å²) in [5, 5.41) is 14.0. The molecule has 0 aliphatic rings. The molecule has 6 heteroatoms. The number of nitrogens with one attached hydrogen (secondary N) is 2. The molecule has 94 valence electrons. The number of hydrogen-bond donors (Lipinski definition) is 3. The van der Waals surface area contributed by atoms with Crippen LogP contribution in [0.3, 0.4) is 0 Å². The molecule has 0 aliphatic heterocycles. The van der Waals surface area contributed by atoms with Gasteiger partial charge in [-0.3, -0.25) is 16.0 Å². The SMILES string of the molecule is CCC(C)(C)Nc1cc(NN)cc([N+](=O)[O-])c1. The third-order valence-corrected chi connectivity index (χ3v) is 2.66.